The lowest BCUT2D eigenvalue weighted by molar-refractivity contribution is 0.212. The number of hydrogen-bond donors (Lipinski definition) is 1. The van der Waals surface area contributed by atoms with Crippen LogP contribution in [0.2, 0.25) is 0 Å². The number of hydrogen-bond acceptors (Lipinski definition) is 5. The van der Waals surface area contributed by atoms with E-state index in [2.05, 4.69) is 46.1 Å². The van der Waals surface area contributed by atoms with Crippen molar-refractivity contribution >= 4 is 5.82 Å². The predicted octanol–water partition coefficient (Wildman–Crippen LogP) is 2.13. The molecular formula is C16H29N5. The van der Waals surface area contributed by atoms with Crippen LogP contribution in [0.1, 0.15) is 37.7 Å². The molecule has 1 atom stereocenters. The van der Waals surface area contributed by atoms with Gasteiger partial charge in [-0.2, -0.15) is 0 Å². The molecule has 1 fully saturated rings. The zero-order chi connectivity index (χ0) is 15.2. The molecule has 1 saturated heterocycles. The second-order valence-corrected chi connectivity index (χ2v) is 6.21. The van der Waals surface area contributed by atoms with Crippen LogP contribution in [0.4, 0.5) is 5.82 Å². The lowest BCUT2D eigenvalue weighted by Crippen LogP contribution is -2.36. The Labute approximate surface area is 128 Å². The highest BCUT2D eigenvalue weighted by molar-refractivity contribution is 5.35. The Bertz CT molecular complexity index is 448. The van der Waals surface area contributed by atoms with Gasteiger partial charge in [0.05, 0.1) is 6.54 Å². The van der Waals surface area contributed by atoms with Crippen LogP contribution in [0.3, 0.4) is 0 Å². The largest absolute Gasteiger partial charge is 0.370 e. The highest BCUT2D eigenvalue weighted by atomic mass is 15.2. The summed E-state index contributed by atoms with van der Waals surface area (Å²) in [5.74, 6) is 1.86. The molecule has 1 aliphatic rings. The summed E-state index contributed by atoms with van der Waals surface area (Å²) in [7, 11) is 4.39. The van der Waals surface area contributed by atoms with Gasteiger partial charge < -0.3 is 10.2 Å². The third-order valence-corrected chi connectivity index (χ3v) is 4.06. The molecule has 1 aliphatic heterocycles. The van der Waals surface area contributed by atoms with Crippen LogP contribution in [0.15, 0.2) is 6.07 Å². The molecule has 1 unspecified atom stereocenters. The van der Waals surface area contributed by atoms with Crippen LogP contribution < -0.4 is 5.32 Å². The topological polar surface area (TPSA) is 44.3 Å². The van der Waals surface area contributed by atoms with Gasteiger partial charge in [0.15, 0.2) is 0 Å². The number of anilines is 1. The summed E-state index contributed by atoms with van der Waals surface area (Å²) in [6.45, 7) is 8.28. The average molecular weight is 291 g/mol. The number of likely N-dealkylation sites (N-methyl/N-ethyl adjacent to an activating group) is 2. The summed E-state index contributed by atoms with van der Waals surface area (Å²) >= 11 is 0. The van der Waals surface area contributed by atoms with Crippen LogP contribution in [0, 0.1) is 6.92 Å². The Morgan fingerprint density at radius 2 is 2.24 bits per heavy atom. The minimum atomic E-state index is 0.678. The number of nitrogens with zero attached hydrogens (tertiary/aromatic N) is 4. The fourth-order valence-corrected chi connectivity index (χ4v) is 2.92. The van der Waals surface area contributed by atoms with Gasteiger partial charge in [-0.05, 0) is 46.8 Å². The van der Waals surface area contributed by atoms with E-state index in [1.165, 1.54) is 19.4 Å². The molecule has 1 aromatic rings. The third kappa shape index (κ3) is 4.93. The highest BCUT2D eigenvalue weighted by Crippen LogP contribution is 2.16. The molecule has 5 heteroatoms. The van der Waals surface area contributed by atoms with E-state index in [4.69, 9.17) is 0 Å². The van der Waals surface area contributed by atoms with Crippen molar-refractivity contribution in [2.45, 2.75) is 45.7 Å². The van der Waals surface area contributed by atoms with Gasteiger partial charge in [0.25, 0.3) is 0 Å². The number of nitrogens with one attached hydrogen (secondary N) is 1. The SMILES string of the molecule is CCCNc1cc(C)nc(CN(C)CC2CCCN2C)n1. The van der Waals surface area contributed by atoms with Crippen LogP contribution in [-0.2, 0) is 6.54 Å². The van der Waals surface area contributed by atoms with E-state index in [1.807, 2.05) is 13.0 Å². The second kappa shape index (κ2) is 7.71. The van der Waals surface area contributed by atoms with E-state index in [0.717, 1.165) is 43.4 Å². The van der Waals surface area contributed by atoms with Gasteiger partial charge in [-0.3, -0.25) is 4.90 Å². The summed E-state index contributed by atoms with van der Waals surface area (Å²) in [4.78, 5) is 14.0. The Morgan fingerprint density at radius 3 is 2.90 bits per heavy atom. The van der Waals surface area contributed by atoms with Crippen molar-refractivity contribution in [1.82, 2.24) is 19.8 Å². The van der Waals surface area contributed by atoms with Crippen molar-refractivity contribution in [2.24, 2.45) is 0 Å². The average Bonchev–Trinajstić information content (AvgIpc) is 2.81. The van der Waals surface area contributed by atoms with Crippen molar-refractivity contribution in [1.29, 1.82) is 0 Å². The molecule has 21 heavy (non-hydrogen) atoms. The molecule has 0 saturated carbocycles. The first kappa shape index (κ1) is 16.2. The minimum Gasteiger partial charge on any atom is -0.370 e. The molecule has 2 rings (SSSR count). The highest BCUT2D eigenvalue weighted by Gasteiger charge is 2.22. The molecule has 1 aromatic heterocycles. The Morgan fingerprint density at radius 1 is 1.43 bits per heavy atom. The van der Waals surface area contributed by atoms with Crippen molar-refractivity contribution in [3.8, 4) is 0 Å². The third-order valence-electron chi connectivity index (χ3n) is 4.06. The van der Waals surface area contributed by atoms with Crippen LogP contribution in [-0.4, -0.2) is 59.5 Å². The van der Waals surface area contributed by atoms with Gasteiger partial charge in [0.1, 0.15) is 11.6 Å². The molecule has 0 bridgehead atoms. The van der Waals surface area contributed by atoms with E-state index < -0.39 is 0 Å². The molecule has 0 spiro atoms. The van der Waals surface area contributed by atoms with Crippen LogP contribution >= 0.6 is 0 Å². The Hall–Kier alpha value is -1.20. The standard InChI is InChI=1S/C16H29N5/c1-5-8-17-15-10-13(2)18-16(19-15)12-20(3)11-14-7-6-9-21(14)4/h10,14H,5-9,11-12H2,1-4H3,(H,17,18,19). The maximum atomic E-state index is 4.63. The van der Waals surface area contributed by atoms with Crippen LogP contribution in [0.5, 0.6) is 0 Å². The quantitative estimate of drug-likeness (QED) is 0.834. The first-order valence-corrected chi connectivity index (χ1v) is 8.05. The van der Waals surface area contributed by atoms with Gasteiger partial charge in [-0.1, -0.05) is 6.92 Å². The molecular weight excluding hydrogens is 262 g/mol. The Kier molecular flexibility index (Phi) is 5.94. The van der Waals surface area contributed by atoms with Crippen molar-refractivity contribution in [3.05, 3.63) is 17.6 Å². The maximum Gasteiger partial charge on any atom is 0.144 e. The normalized spacial score (nSPS) is 19.4. The van der Waals surface area contributed by atoms with Crippen LogP contribution in [0.25, 0.3) is 0 Å². The second-order valence-electron chi connectivity index (χ2n) is 6.21. The number of aromatic nitrogens is 2. The molecule has 118 valence electrons. The van der Waals surface area contributed by atoms with Gasteiger partial charge in [0, 0.05) is 30.9 Å². The summed E-state index contributed by atoms with van der Waals surface area (Å²) in [6, 6.07) is 2.70. The van der Waals surface area contributed by atoms with Gasteiger partial charge in [-0.25, -0.2) is 9.97 Å². The first-order chi connectivity index (χ1) is 10.1. The Balaban J connectivity index is 1.93. The lowest BCUT2D eigenvalue weighted by Gasteiger charge is -2.25. The van der Waals surface area contributed by atoms with Gasteiger partial charge in [0.2, 0.25) is 0 Å². The van der Waals surface area contributed by atoms with Crippen molar-refractivity contribution in [3.63, 3.8) is 0 Å². The summed E-state index contributed by atoms with van der Waals surface area (Å²) < 4.78 is 0. The zero-order valence-electron chi connectivity index (χ0n) is 13.9. The smallest absolute Gasteiger partial charge is 0.144 e. The molecule has 0 amide bonds. The molecule has 2 heterocycles. The molecule has 0 radical (unpaired) electrons. The van der Waals surface area contributed by atoms with Crippen molar-refractivity contribution < 1.29 is 0 Å². The number of aryl methyl sites for hydroxylation is 1. The summed E-state index contributed by atoms with van der Waals surface area (Å²) in [5.41, 5.74) is 1.03. The molecule has 5 nitrogen and oxygen atoms in total. The molecule has 0 aromatic carbocycles. The monoisotopic (exact) mass is 291 g/mol. The van der Waals surface area contributed by atoms with E-state index in [1.54, 1.807) is 0 Å². The first-order valence-electron chi connectivity index (χ1n) is 8.05. The van der Waals surface area contributed by atoms with E-state index in [9.17, 15) is 0 Å². The summed E-state index contributed by atoms with van der Waals surface area (Å²) in [6.07, 6.45) is 3.73. The number of likely N-dealkylation sites (tertiary alicyclic amines) is 1. The number of rotatable bonds is 7. The van der Waals surface area contributed by atoms with Gasteiger partial charge >= 0.3 is 0 Å². The molecule has 0 aliphatic carbocycles. The fraction of sp³-hybridized carbons (Fsp3) is 0.750. The summed E-state index contributed by atoms with van der Waals surface area (Å²) in [5, 5.41) is 3.35. The molecule has 1 N–H and O–H groups in total. The fourth-order valence-electron chi connectivity index (χ4n) is 2.92. The lowest BCUT2D eigenvalue weighted by atomic mass is 10.2. The predicted molar refractivity (Wildman–Crippen MR) is 87.5 cm³/mol. The zero-order valence-corrected chi connectivity index (χ0v) is 13.9. The maximum absolute atomic E-state index is 4.63. The van der Waals surface area contributed by atoms with Crippen molar-refractivity contribution in [2.75, 3.05) is 39.0 Å². The van der Waals surface area contributed by atoms with E-state index >= 15 is 0 Å². The van der Waals surface area contributed by atoms with E-state index in [-0.39, 0.29) is 0 Å². The van der Waals surface area contributed by atoms with Gasteiger partial charge in [-0.15, -0.1) is 0 Å². The van der Waals surface area contributed by atoms with E-state index in [0.29, 0.717) is 6.04 Å². The minimum absolute atomic E-state index is 0.678.